The van der Waals surface area contributed by atoms with Crippen LogP contribution in [0.5, 0.6) is 0 Å². The Morgan fingerprint density at radius 2 is 1.87 bits per heavy atom. The van der Waals surface area contributed by atoms with Crippen LogP contribution in [0, 0.1) is 6.92 Å². The Balaban J connectivity index is 2.21. The van der Waals surface area contributed by atoms with Gasteiger partial charge in [-0.15, -0.1) is 0 Å². The Kier molecular flexibility index (Phi) is 5.05. The summed E-state index contributed by atoms with van der Waals surface area (Å²) in [7, 11) is 0. The van der Waals surface area contributed by atoms with Crippen LogP contribution in [-0.4, -0.2) is 33.5 Å². The molecule has 23 heavy (non-hydrogen) atoms. The van der Waals surface area contributed by atoms with E-state index in [0.29, 0.717) is 17.7 Å². The van der Waals surface area contributed by atoms with Gasteiger partial charge in [0, 0.05) is 12.7 Å². The van der Waals surface area contributed by atoms with Crippen LogP contribution >= 0.6 is 0 Å². The summed E-state index contributed by atoms with van der Waals surface area (Å²) < 4.78 is 0. The van der Waals surface area contributed by atoms with Gasteiger partial charge in [0.25, 0.3) is 5.91 Å². The van der Waals surface area contributed by atoms with Gasteiger partial charge in [-0.2, -0.15) is 0 Å². The summed E-state index contributed by atoms with van der Waals surface area (Å²) in [6, 6.07) is 8.92. The van der Waals surface area contributed by atoms with Crippen molar-refractivity contribution in [2.24, 2.45) is 0 Å². The van der Waals surface area contributed by atoms with Crippen LogP contribution < -0.4 is 5.32 Å². The van der Waals surface area contributed by atoms with Gasteiger partial charge in [-0.3, -0.25) is 14.6 Å². The predicted molar refractivity (Wildman–Crippen MR) is 85.1 cm³/mol. The van der Waals surface area contributed by atoms with Crippen molar-refractivity contribution in [3.8, 4) is 0 Å². The molecule has 0 radical (unpaired) electrons. The molecule has 0 aliphatic carbocycles. The van der Waals surface area contributed by atoms with E-state index in [1.807, 2.05) is 6.07 Å². The topological polar surface area (TPSA) is 92.2 Å². The maximum atomic E-state index is 12.2. The number of nitrogens with zero attached hydrogens (tertiary/aromatic N) is 2. The molecule has 2 N–H and O–H groups in total. The fraction of sp³-hybridized carbons (Fsp3) is 0.294. The molecule has 120 valence electrons. The highest BCUT2D eigenvalue weighted by atomic mass is 16.4. The Labute approximate surface area is 134 Å². The van der Waals surface area contributed by atoms with Crippen molar-refractivity contribution in [2.45, 2.75) is 25.7 Å². The van der Waals surface area contributed by atoms with Crippen molar-refractivity contribution in [3.05, 3.63) is 59.7 Å². The van der Waals surface area contributed by atoms with E-state index in [-0.39, 0.29) is 12.2 Å². The van der Waals surface area contributed by atoms with Crippen LogP contribution in [0.3, 0.4) is 0 Å². The summed E-state index contributed by atoms with van der Waals surface area (Å²) in [6.07, 6.45) is 3.23. The molecule has 0 fully saturated rings. The third-order valence-corrected chi connectivity index (χ3v) is 3.90. The molecule has 6 nitrogen and oxygen atoms in total. The number of rotatable bonds is 6. The van der Waals surface area contributed by atoms with Gasteiger partial charge >= 0.3 is 5.97 Å². The SMILES string of the molecule is CCC(CNC(=O)c1cnc(C)cn1)(C(=O)O)c1ccccc1. The van der Waals surface area contributed by atoms with Crippen molar-refractivity contribution in [1.82, 2.24) is 15.3 Å². The number of aromatic nitrogens is 2. The molecule has 0 bridgehead atoms. The van der Waals surface area contributed by atoms with E-state index in [1.165, 1.54) is 12.4 Å². The quantitative estimate of drug-likeness (QED) is 0.850. The number of carboxylic acids is 1. The van der Waals surface area contributed by atoms with Gasteiger partial charge in [-0.1, -0.05) is 37.3 Å². The van der Waals surface area contributed by atoms with Gasteiger partial charge in [0.1, 0.15) is 11.1 Å². The predicted octanol–water partition coefficient (Wildman–Crippen LogP) is 1.95. The number of carbonyl (C=O) groups excluding carboxylic acids is 1. The summed E-state index contributed by atoms with van der Waals surface area (Å²) in [5.41, 5.74) is 0.360. The van der Waals surface area contributed by atoms with Crippen molar-refractivity contribution >= 4 is 11.9 Å². The van der Waals surface area contributed by atoms with Crippen LogP contribution in [0.2, 0.25) is 0 Å². The minimum Gasteiger partial charge on any atom is -0.481 e. The van der Waals surface area contributed by atoms with E-state index >= 15 is 0 Å². The second-order valence-corrected chi connectivity index (χ2v) is 5.33. The van der Waals surface area contributed by atoms with Gasteiger partial charge in [-0.05, 0) is 18.9 Å². The van der Waals surface area contributed by atoms with Gasteiger partial charge in [-0.25, -0.2) is 4.98 Å². The maximum Gasteiger partial charge on any atom is 0.315 e. The van der Waals surface area contributed by atoms with Crippen LogP contribution in [0.15, 0.2) is 42.7 Å². The van der Waals surface area contributed by atoms with Crippen LogP contribution in [0.1, 0.15) is 35.1 Å². The molecule has 0 aliphatic heterocycles. The summed E-state index contributed by atoms with van der Waals surface area (Å²) in [4.78, 5) is 32.1. The fourth-order valence-electron chi connectivity index (χ4n) is 2.37. The number of hydrogen-bond donors (Lipinski definition) is 2. The largest absolute Gasteiger partial charge is 0.481 e. The highest BCUT2D eigenvalue weighted by Crippen LogP contribution is 2.27. The van der Waals surface area contributed by atoms with E-state index in [2.05, 4.69) is 15.3 Å². The van der Waals surface area contributed by atoms with Crippen molar-refractivity contribution in [1.29, 1.82) is 0 Å². The van der Waals surface area contributed by atoms with Crippen molar-refractivity contribution in [2.75, 3.05) is 6.54 Å². The molecule has 0 saturated carbocycles. The number of aliphatic carboxylic acids is 1. The molecule has 2 rings (SSSR count). The Morgan fingerprint density at radius 3 is 2.39 bits per heavy atom. The lowest BCUT2D eigenvalue weighted by Crippen LogP contribution is -2.46. The minimum atomic E-state index is -1.17. The summed E-state index contributed by atoms with van der Waals surface area (Å²) >= 11 is 0. The maximum absolute atomic E-state index is 12.2. The number of carbonyl (C=O) groups is 2. The summed E-state index contributed by atoms with van der Waals surface area (Å²) in [5, 5.41) is 12.4. The van der Waals surface area contributed by atoms with Crippen LogP contribution in [-0.2, 0) is 10.2 Å². The number of hydrogen-bond acceptors (Lipinski definition) is 4. The number of nitrogens with one attached hydrogen (secondary N) is 1. The van der Waals surface area contributed by atoms with E-state index in [9.17, 15) is 14.7 Å². The Morgan fingerprint density at radius 1 is 1.17 bits per heavy atom. The number of benzene rings is 1. The monoisotopic (exact) mass is 313 g/mol. The van der Waals surface area contributed by atoms with Gasteiger partial charge in [0.05, 0.1) is 11.9 Å². The third-order valence-electron chi connectivity index (χ3n) is 3.90. The fourth-order valence-corrected chi connectivity index (χ4v) is 2.37. The minimum absolute atomic E-state index is 0.0166. The molecule has 1 heterocycles. The zero-order chi connectivity index (χ0) is 16.9. The summed E-state index contributed by atoms with van der Waals surface area (Å²) in [6.45, 7) is 3.55. The molecular weight excluding hydrogens is 294 g/mol. The van der Waals surface area contributed by atoms with Gasteiger partial charge in [0.15, 0.2) is 0 Å². The first-order chi connectivity index (χ1) is 11.0. The highest BCUT2D eigenvalue weighted by Gasteiger charge is 2.39. The summed E-state index contributed by atoms with van der Waals surface area (Å²) in [5.74, 6) is -1.41. The van der Waals surface area contributed by atoms with Crippen molar-refractivity contribution < 1.29 is 14.7 Å². The molecule has 1 amide bonds. The Hall–Kier alpha value is -2.76. The lowest BCUT2D eigenvalue weighted by atomic mass is 9.78. The molecular formula is C17H19N3O3. The highest BCUT2D eigenvalue weighted by molar-refractivity contribution is 5.92. The number of aryl methyl sites for hydroxylation is 1. The molecule has 1 atom stereocenters. The first-order valence-electron chi connectivity index (χ1n) is 7.35. The van der Waals surface area contributed by atoms with Crippen LogP contribution in [0.25, 0.3) is 0 Å². The second kappa shape index (κ2) is 7.00. The molecule has 0 spiro atoms. The van der Waals surface area contributed by atoms with E-state index < -0.39 is 17.3 Å². The lowest BCUT2D eigenvalue weighted by Gasteiger charge is -2.29. The van der Waals surface area contributed by atoms with Crippen LogP contribution in [0.4, 0.5) is 0 Å². The average molecular weight is 313 g/mol. The molecule has 1 aromatic heterocycles. The first-order valence-corrected chi connectivity index (χ1v) is 7.35. The van der Waals surface area contributed by atoms with E-state index in [0.717, 1.165) is 0 Å². The molecule has 0 saturated heterocycles. The first kappa shape index (κ1) is 16.6. The number of amides is 1. The molecule has 2 aromatic rings. The zero-order valence-electron chi connectivity index (χ0n) is 13.1. The van der Waals surface area contributed by atoms with Gasteiger partial charge < -0.3 is 10.4 Å². The van der Waals surface area contributed by atoms with Gasteiger partial charge in [0.2, 0.25) is 0 Å². The zero-order valence-corrected chi connectivity index (χ0v) is 13.1. The molecule has 1 aromatic carbocycles. The lowest BCUT2D eigenvalue weighted by molar-refractivity contribution is -0.143. The molecule has 6 heteroatoms. The molecule has 0 aliphatic rings. The van der Waals surface area contributed by atoms with E-state index in [1.54, 1.807) is 38.1 Å². The smallest absolute Gasteiger partial charge is 0.315 e. The second-order valence-electron chi connectivity index (χ2n) is 5.33. The standard InChI is InChI=1S/C17H19N3O3/c1-3-17(16(22)23,13-7-5-4-6-8-13)11-20-15(21)14-10-18-12(2)9-19-14/h4-10H,3,11H2,1-2H3,(H,20,21)(H,22,23). The Bertz CT molecular complexity index is 686. The average Bonchev–Trinajstić information content (AvgIpc) is 2.57. The normalized spacial score (nSPS) is 13.1. The van der Waals surface area contributed by atoms with E-state index in [4.69, 9.17) is 0 Å². The third kappa shape index (κ3) is 3.53. The molecule has 1 unspecified atom stereocenters. The number of carboxylic acid groups (broad SMARTS) is 1. The van der Waals surface area contributed by atoms with Crippen molar-refractivity contribution in [3.63, 3.8) is 0 Å².